The van der Waals surface area contributed by atoms with Crippen LogP contribution in [0.4, 0.5) is 0 Å². The molecule has 4 nitrogen and oxygen atoms in total. The minimum atomic E-state index is 0.182. The number of amides is 2. The summed E-state index contributed by atoms with van der Waals surface area (Å²) in [7, 11) is 0. The zero-order chi connectivity index (χ0) is 15.1. The number of rotatable bonds is 6. The van der Waals surface area contributed by atoms with E-state index in [1.165, 1.54) is 32.1 Å². The lowest BCUT2D eigenvalue weighted by molar-refractivity contribution is -0.126. The first-order valence-corrected chi connectivity index (χ1v) is 9.26. The first-order valence-electron chi connectivity index (χ1n) is 9.26. The van der Waals surface area contributed by atoms with E-state index < -0.39 is 0 Å². The zero-order valence-electron chi connectivity index (χ0n) is 13.4. The van der Waals surface area contributed by atoms with Gasteiger partial charge in [-0.15, -0.1) is 0 Å². The lowest BCUT2D eigenvalue weighted by atomic mass is 9.54. The SMILES string of the molecule is O=C(CCCNC(=O)C1CC1)NC1C2CC3CC(C2)CC1C3. The van der Waals surface area contributed by atoms with Gasteiger partial charge in [-0.2, -0.15) is 0 Å². The second-order valence-corrected chi connectivity index (χ2v) is 8.19. The summed E-state index contributed by atoms with van der Waals surface area (Å²) >= 11 is 0. The minimum Gasteiger partial charge on any atom is -0.356 e. The van der Waals surface area contributed by atoms with Crippen LogP contribution in [0.3, 0.4) is 0 Å². The van der Waals surface area contributed by atoms with Crippen molar-refractivity contribution in [3.63, 3.8) is 0 Å². The summed E-state index contributed by atoms with van der Waals surface area (Å²) in [5, 5.41) is 6.27. The molecule has 0 aromatic carbocycles. The van der Waals surface area contributed by atoms with Gasteiger partial charge in [-0.1, -0.05) is 0 Å². The fraction of sp³-hybridized carbons (Fsp3) is 0.889. The molecule has 0 aromatic rings. The van der Waals surface area contributed by atoms with E-state index in [9.17, 15) is 9.59 Å². The third-order valence-corrected chi connectivity index (χ3v) is 6.38. The highest BCUT2D eigenvalue weighted by molar-refractivity contribution is 5.81. The molecule has 5 aliphatic carbocycles. The van der Waals surface area contributed by atoms with Crippen LogP contribution in [0.15, 0.2) is 0 Å². The van der Waals surface area contributed by atoms with Crippen molar-refractivity contribution in [2.24, 2.45) is 29.6 Å². The number of hydrogen-bond donors (Lipinski definition) is 2. The molecule has 5 aliphatic rings. The summed E-state index contributed by atoms with van der Waals surface area (Å²) in [6, 6.07) is 0.446. The van der Waals surface area contributed by atoms with E-state index in [-0.39, 0.29) is 17.7 Å². The number of hydrogen-bond acceptors (Lipinski definition) is 2. The van der Waals surface area contributed by atoms with E-state index in [1.54, 1.807) is 0 Å². The van der Waals surface area contributed by atoms with E-state index in [0.717, 1.165) is 42.9 Å². The average molecular weight is 304 g/mol. The van der Waals surface area contributed by atoms with Crippen molar-refractivity contribution in [1.82, 2.24) is 10.6 Å². The highest BCUT2D eigenvalue weighted by Gasteiger charge is 2.48. The molecule has 122 valence electrons. The van der Waals surface area contributed by atoms with E-state index in [4.69, 9.17) is 0 Å². The molecule has 0 atom stereocenters. The molecule has 0 spiro atoms. The van der Waals surface area contributed by atoms with Crippen molar-refractivity contribution in [3.8, 4) is 0 Å². The Labute approximate surface area is 132 Å². The van der Waals surface area contributed by atoms with Gasteiger partial charge in [0.25, 0.3) is 0 Å². The molecule has 0 aliphatic heterocycles. The third kappa shape index (κ3) is 3.02. The molecule has 0 radical (unpaired) electrons. The van der Waals surface area contributed by atoms with Crippen molar-refractivity contribution in [3.05, 3.63) is 0 Å². The maximum Gasteiger partial charge on any atom is 0.223 e. The lowest BCUT2D eigenvalue weighted by Gasteiger charge is -2.54. The first-order chi connectivity index (χ1) is 10.7. The van der Waals surface area contributed by atoms with Gasteiger partial charge in [0, 0.05) is 24.9 Å². The summed E-state index contributed by atoms with van der Waals surface area (Å²) in [5.41, 5.74) is 0. The van der Waals surface area contributed by atoms with Gasteiger partial charge in [0.1, 0.15) is 0 Å². The van der Waals surface area contributed by atoms with Crippen LogP contribution in [0.25, 0.3) is 0 Å². The maximum absolute atomic E-state index is 12.2. The zero-order valence-corrected chi connectivity index (χ0v) is 13.4. The highest BCUT2D eigenvalue weighted by atomic mass is 16.2. The molecular formula is C18H28N2O2. The third-order valence-electron chi connectivity index (χ3n) is 6.38. The Kier molecular flexibility index (Phi) is 3.87. The quantitative estimate of drug-likeness (QED) is 0.739. The van der Waals surface area contributed by atoms with E-state index in [2.05, 4.69) is 10.6 Å². The molecule has 2 N–H and O–H groups in total. The normalized spacial score (nSPS) is 38.8. The highest BCUT2D eigenvalue weighted by Crippen LogP contribution is 2.53. The van der Waals surface area contributed by atoms with Crippen LogP contribution in [-0.2, 0) is 9.59 Å². The van der Waals surface area contributed by atoms with Crippen LogP contribution < -0.4 is 10.6 Å². The van der Waals surface area contributed by atoms with Gasteiger partial charge in [-0.05, 0) is 75.0 Å². The summed E-state index contributed by atoms with van der Waals surface area (Å²) in [4.78, 5) is 23.7. The Morgan fingerprint density at radius 1 is 0.909 bits per heavy atom. The maximum atomic E-state index is 12.2. The first kappa shape index (κ1) is 14.5. The van der Waals surface area contributed by atoms with Crippen molar-refractivity contribution >= 4 is 11.8 Å². The lowest BCUT2D eigenvalue weighted by Crippen LogP contribution is -2.55. The molecule has 0 heterocycles. The molecule has 5 fully saturated rings. The molecule has 5 saturated carbocycles. The largest absolute Gasteiger partial charge is 0.356 e. The number of carbonyl (C=O) groups excluding carboxylic acids is 2. The van der Waals surface area contributed by atoms with Crippen LogP contribution in [0.5, 0.6) is 0 Å². The van der Waals surface area contributed by atoms with E-state index in [1.807, 2.05) is 0 Å². The van der Waals surface area contributed by atoms with Gasteiger partial charge in [0.2, 0.25) is 11.8 Å². The molecule has 4 heteroatoms. The van der Waals surface area contributed by atoms with Crippen molar-refractivity contribution < 1.29 is 9.59 Å². The van der Waals surface area contributed by atoms with Gasteiger partial charge >= 0.3 is 0 Å². The second-order valence-electron chi connectivity index (χ2n) is 8.19. The Morgan fingerprint density at radius 3 is 2.14 bits per heavy atom. The Bertz CT molecular complexity index is 430. The molecule has 0 unspecified atom stereocenters. The number of carbonyl (C=O) groups is 2. The van der Waals surface area contributed by atoms with Crippen LogP contribution in [-0.4, -0.2) is 24.4 Å². The Morgan fingerprint density at radius 2 is 1.55 bits per heavy atom. The fourth-order valence-electron chi connectivity index (χ4n) is 5.37. The van der Waals surface area contributed by atoms with Crippen LogP contribution in [0.2, 0.25) is 0 Å². The monoisotopic (exact) mass is 304 g/mol. The molecule has 0 aromatic heterocycles. The predicted octanol–water partition coefficient (Wildman–Crippen LogP) is 2.23. The van der Waals surface area contributed by atoms with Gasteiger partial charge in [-0.3, -0.25) is 9.59 Å². The Hall–Kier alpha value is -1.06. The summed E-state index contributed by atoms with van der Waals surface area (Å²) in [6.07, 6.45) is 10.2. The fourth-order valence-corrected chi connectivity index (χ4v) is 5.37. The van der Waals surface area contributed by atoms with Gasteiger partial charge in [-0.25, -0.2) is 0 Å². The molecule has 2 amide bonds. The van der Waals surface area contributed by atoms with Gasteiger partial charge < -0.3 is 10.6 Å². The minimum absolute atomic E-state index is 0.182. The van der Waals surface area contributed by atoms with Gasteiger partial charge in [0.05, 0.1) is 0 Å². The van der Waals surface area contributed by atoms with Gasteiger partial charge in [0.15, 0.2) is 0 Å². The average Bonchev–Trinajstić information content (AvgIpc) is 3.31. The molecule has 22 heavy (non-hydrogen) atoms. The summed E-state index contributed by atoms with van der Waals surface area (Å²) in [5.74, 6) is 4.03. The van der Waals surface area contributed by atoms with Crippen LogP contribution in [0, 0.1) is 29.6 Å². The van der Waals surface area contributed by atoms with Crippen molar-refractivity contribution in [1.29, 1.82) is 0 Å². The van der Waals surface area contributed by atoms with E-state index >= 15 is 0 Å². The van der Waals surface area contributed by atoms with Crippen molar-refractivity contribution in [2.75, 3.05) is 6.54 Å². The van der Waals surface area contributed by atoms with Crippen LogP contribution >= 0.6 is 0 Å². The summed E-state index contributed by atoms with van der Waals surface area (Å²) in [6.45, 7) is 0.643. The second kappa shape index (κ2) is 5.86. The Balaban J connectivity index is 1.18. The molecular weight excluding hydrogens is 276 g/mol. The smallest absolute Gasteiger partial charge is 0.223 e. The predicted molar refractivity (Wildman–Crippen MR) is 83.9 cm³/mol. The van der Waals surface area contributed by atoms with E-state index in [0.29, 0.717) is 19.0 Å². The molecule has 5 rings (SSSR count). The van der Waals surface area contributed by atoms with Crippen molar-refractivity contribution in [2.45, 2.75) is 63.8 Å². The summed E-state index contributed by atoms with van der Waals surface area (Å²) < 4.78 is 0. The van der Waals surface area contributed by atoms with Crippen LogP contribution in [0.1, 0.15) is 57.8 Å². The molecule has 4 bridgehead atoms. The topological polar surface area (TPSA) is 58.2 Å². The standard InChI is InChI=1S/C18H28N2O2/c21-16(2-1-5-19-18(22)13-3-4-13)20-17-14-7-11-6-12(9-14)10-15(17)8-11/h11-15,17H,1-10H2,(H,19,22)(H,20,21). The molecule has 0 saturated heterocycles. The number of nitrogens with one attached hydrogen (secondary N) is 2.